The van der Waals surface area contributed by atoms with Crippen LogP contribution in [0.2, 0.25) is 15.1 Å². The van der Waals surface area contributed by atoms with Gasteiger partial charge in [0, 0.05) is 47.2 Å². The van der Waals surface area contributed by atoms with Crippen molar-refractivity contribution in [3.8, 4) is 0 Å². The molecule has 186 valence electrons. The molecule has 0 aliphatic carbocycles. The van der Waals surface area contributed by atoms with Crippen LogP contribution in [0.15, 0.2) is 42.5 Å². The lowest BCUT2D eigenvalue weighted by Gasteiger charge is -2.31. The highest BCUT2D eigenvalue weighted by atomic mass is 35.5. The van der Waals surface area contributed by atoms with E-state index < -0.39 is 16.1 Å². The van der Waals surface area contributed by atoms with Crippen LogP contribution in [0, 0.1) is 0 Å². The molecule has 0 radical (unpaired) electrons. The van der Waals surface area contributed by atoms with Crippen LogP contribution in [-0.4, -0.2) is 51.0 Å². The smallest absolute Gasteiger partial charge is 0.242 e. The zero-order chi connectivity index (χ0) is 25.5. The van der Waals surface area contributed by atoms with Gasteiger partial charge in [-0.3, -0.25) is 13.9 Å². The lowest BCUT2D eigenvalue weighted by molar-refractivity contribution is -0.141. The Morgan fingerprint density at radius 2 is 1.68 bits per heavy atom. The quantitative estimate of drug-likeness (QED) is 0.439. The predicted molar refractivity (Wildman–Crippen MR) is 138 cm³/mol. The lowest BCUT2D eigenvalue weighted by atomic mass is 10.1. The van der Waals surface area contributed by atoms with E-state index in [1.807, 2.05) is 0 Å². The Kier molecular flexibility index (Phi) is 10.5. The van der Waals surface area contributed by atoms with Gasteiger partial charge >= 0.3 is 0 Å². The molecule has 0 fully saturated rings. The molecular weight excluding hydrogens is 521 g/mol. The lowest BCUT2D eigenvalue weighted by Crippen LogP contribution is -2.48. The molecule has 0 aromatic heterocycles. The first-order chi connectivity index (χ1) is 16.0. The summed E-state index contributed by atoms with van der Waals surface area (Å²) in [7, 11) is -2.10. The third-order valence-electron chi connectivity index (χ3n) is 5.27. The van der Waals surface area contributed by atoms with Crippen LogP contribution in [0.1, 0.15) is 31.7 Å². The van der Waals surface area contributed by atoms with Gasteiger partial charge in [-0.15, -0.1) is 0 Å². The molecule has 0 saturated carbocycles. The third kappa shape index (κ3) is 7.50. The van der Waals surface area contributed by atoms with E-state index >= 15 is 0 Å². The summed E-state index contributed by atoms with van der Waals surface area (Å²) in [5.74, 6) is -0.623. The number of likely N-dealkylation sites (N-methyl/N-ethyl adjacent to an activating group) is 1. The highest BCUT2D eigenvalue weighted by Crippen LogP contribution is 2.28. The first-order valence-electron chi connectivity index (χ1n) is 10.7. The summed E-state index contributed by atoms with van der Waals surface area (Å²) < 4.78 is 25.9. The zero-order valence-corrected chi connectivity index (χ0v) is 22.3. The Morgan fingerprint density at radius 1 is 1.06 bits per heavy atom. The summed E-state index contributed by atoms with van der Waals surface area (Å²) in [6, 6.07) is 10.8. The van der Waals surface area contributed by atoms with Crippen molar-refractivity contribution in [1.29, 1.82) is 0 Å². The van der Waals surface area contributed by atoms with Crippen LogP contribution < -0.4 is 9.62 Å². The number of rotatable bonds is 11. The van der Waals surface area contributed by atoms with Crippen molar-refractivity contribution < 1.29 is 18.0 Å². The number of halogens is 3. The molecule has 34 heavy (non-hydrogen) atoms. The summed E-state index contributed by atoms with van der Waals surface area (Å²) in [6.07, 6.45) is 1.73. The highest BCUT2D eigenvalue weighted by Gasteiger charge is 2.29. The Labute approximate surface area is 216 Å². The van der Waals surface area contributed by atoms with Crippen LogP contribution in [0.4, 0.5) is 5.69 Å². The Bertz CT molecular complexity index is 1110. The van der Waals surface area contributed by atoms with Crippen molar-refractivity contribution in [2.75, 3.05) is 24.2 Å². The molecule has 2 rings (SSSR count). The fraction of sp³-hybridized carbons (Fsp3) is 0.391. The van der Waals surface area contributed by atoms with E-state index in [1.54, 1.807) is 49.4 Å². The number of hydrogen-bond acceptors (Lipinski definition) is 4. The van der Waals surface area contributed by atoms with Gasteiger partial charge < -0.3 is 10.2 Å². The van der Waals surface area contributed by atoms with E-state index in [2.05, 4.69) is 5.32 Å². The minimum absolute atomic E-state index is 0.0160. The summed E-state index contributed by atoms with van der Waals surface area (Å²) in [5.41, 5.74) is 0.956. The van der Waals surface area contributed by atoms with E-state index in [0.717, 1.165) is 6.26 Å². The number of carbonyl (C=O) groups excluding carboxylic acids is 2. The molecule has 7 nitrogen and oxygen atoms in total. The number of benzene rings is 2. The molecule has 1 N–H and O–H groups in total. The second-order valence-corrected chi connectivity index (χ2v) is 10.8. The van der Waals surface area contributed by atoms with Crippen molar-refractivity contribution in [3.05, 3.63) is 63.1 Å². The first-order valence-corrected chi connectivity index (χ1v) is 13.6. The summed E-state index contributed by atoms with van der Waals surface area (Å²) >= 11 is 18.6. The maximum Gasteiger partial charge on any atom is 0.242 e. The number of nitrogens with one attached hydrogen (secondary N) is 1. The van der Waals surface area contributed by atoms with E-state index in [9.17, 15) is 18.0 Å². The number of amides is 2. The Hall–Kier alpha value is -2.00. The molecule has 11 heteroatoms. The number of nitrogens with zero attached hydrogens (tertiary/aromatic N) is 2. The van der Waals surface area contributed by atoms with Crippen LogP contribution >= 0.6 is 34.8 Å². The van der Waals surface area contributed by atoms with Gasteiger partial charge in [0.05, 0.1) is 11.9 Å². The van der Waals surface area contributed by atoms with Gasteiger partial charge in [-0.1, -0.05) is 53.9 Å². The molecule has 0 spiro atoms. The van der Waals surface area contributed by atoms with Gasteiger partial charge in [0.25, 0.3) is 0 Å². The van der Waals surface area contributed by atoms with Crippen LogP contribution in [0.3, 0.4) is 0 Å². The van der Waals surface area contributed by atoms with E-state index in [0.29, 0.717) is 32.7 Å². The molecule has 0 unspecified atom stereocenters. The van der Waals surface area contributed by atoms with Crippen LogP contribution in [0.5, 0.6) is 0 Å². The minimum Gasteiger partial charge on any atom is -0.357 e. The molecular formula is C23H28Cl3N3O4S. The van der Waals surface area contributed by atoms with Crippen molar-refractivity contribution in [3.63, 3.8) is 0 Å². The summed E-state index contributed by atoms with van der Waals surface area (Å²) in [6.45, 7) is 1.93. The first kappa shape index (κ1) is 28.2. The Morgan fingerprint density at radius 3 is 2.21 bits per heavy atom. The predicted octanol–water partition coefficient (Wildman–Crippen LogP) is 4.75. The van der Waals surface area contributed by atoms with E-state index in [1.165, 1.54) is 16.3 Å². The van der Waals surface area contributed by atoms with Gasteiger partial charge in [0.1, 0.15) is 6.04 Å². The van der Waals surface area contributed by atoms with E-state index in [-0.39, 0.29) is 37.7 Å². The molecule has 0 bridgehead atoms. The molecule has 2 aromatic carbocycles. The fourth-order valence-electron chi connectivity index (χ4n) is 3.57. The fourth-order valence-corrected chi connectivity index (χ4v) is 5.23. The van der Waals surface area contributed by atoms with Gasteiger partial charge in [-0.25, -0.2) is 8.42 Å². The summed E-state index contributed by atoms with van der Waals surface area (Å²) in [5, 5.41) is 3.77. The van der Waals surface area contributed by atoms with Crippen LogP contribution in [0.25, 0.3) is 0 Å². The molecule has 2 amide bonds. The standard InChI is InChI=1S/C23H28Cl3N3O4S/c1-4-21(23(31)27-2)28(15-18-19(25)10-6-11-20(18)26)22(30)12-7-13-29(34(3,32)33)17-9-5-8-16(24)14-17/h5-6,8-11,14,21H,4,7,12-13,15H2,1-3H3,(H,27,31)/t21-/m1/s1. The molecule has 0 saturated heterocycles. The number of anilines is 1. The van der Waals surface area contributed by atoms with Gasteiger partial charge in [0.2, 0.25) is 21.8 Å². The second kappa shape index (κ2) is 12.6. The highest BCUT2D eigenvalue weighted by molar-refractivity contribution is 7.92. The molecule has 1 atom stereocenters. The topological polar surface area (TPSA) is 86.8 Å². The number of carbonyl (C=O) groups is 2. The molecule has 2 aromatic rings. The zero-order valence-electron chi connectivity index (χ0n) is 19.2. The van der Waals surface area contributed by atoms with Crippen molar-refractivity contribution in [2.45, 2.75) is 38.8 Å². The third-order valence-corrected chi connectivity index (χ3v) is 7.41. The normalized spacial score (nSPS) is 12.2. The van der Waals surface area contributed by atoms with Crippen molar-refractivity contribution in [1.82, 2.24) is 10.2 Å². The number of sulfonamides is 1. The maximum atomic E-state index is 13.3. The van der Waals surface area contributed by atoms with Gasteiger partial charge in [-0.2, -0.15) is 0 Å². The summed E-state index contributed by atoms with van der Waals surface area (Å²) in [4.78, 5) is 27.2. The van der Waals surface area contributed by atoms with Crippen molar-refractivity contribution in [2.24, 2.45) is 0 Å². The minimum atomic E-state index is -3.60. The molecule has 0 aliphatic heterocycles. The Balaban J connectivity index is 2.24. The second-order valence-electron chi connectivity index (χ2n) is 7.68. The SMILES string of the molecule is CC[C@H](C(=O)NC)N(Cc1c(Cl)cccc1Cl)C(=O)CCCN(c1cccc(Cl)c1)S(C)(=O)=O. The average molecular weight is 549 g/mol. The van der Waals surface area contributed by atoms with E-state index in [4.69, 9.17) is 34.8 Å². The average Bonchev–Trinajstić information content (AvgIpc) is 2.77. The maximum absolute atomic E-state index is 13.3. The van der Waals surface area contributed by atoms with Crippen molar-refractivity contribution >= 4 is 62.3 Å². The molecule has 0 heterocycles. The van der Waals surface area contributed by atoms with Gasteiger partial charge in [0.15, 0.2) is 0 Å². The molecule has 0 aliphatic rings. The van der Waals surface area contributed by atoms with Gasteiger partial charge in [-0.05, 0) is 43.2 Å². The van der Waals surface area contributed by atoms with Crippen LogP contribution in [-0.2, 0) is 26.2 Å². The monoisotopic (exact) mass is 547 g/mol. The largest absolute Gasteiger partial charge is 0.357 e. The number of hydrogen-bond donors (Lipinski definition) is 1.